The summed E-state index contributed by atoms with van der Waals surface area (Å²) in [5.74, 6) is 0. The molecule has 39 heavy (non-hydrogen) atoms. The first-order valence-electron chi connectivity index (χ1n) is 12.8. The van der Waals surface area contributed by atoms with E-state index in [4.69, 9.17) is 0 Å². The quantitative estimate of drug-likeness (QED) is 0.157. The molecule has 8 nitrogen and oxygen atoms in total. The number of carbonyl (C=O) groups excluding carboxylic acids is 4. The summed E-state index contributed by atoms with van der Waals surface area (Å²) in [7, 11) is 0. The molecule has 0 saturated carbocycles. The molecule has 0 radical (unpaired) electrons. The predicted molar refractivity (Wildman–Crippen MR) is 149 cm³/mol. The average molecular weight is 609 g/mol. The van der Waals surface area contributed by atoms with E-state index in [1.807, 2.05) is 72.9 Å². The number of amides is 4. The van der Waals surface area contributed by atoms with Crippen LogP contribution in [0.4, 0.5) is 0 Å². The second-order valence-corrected chi connectivity index (χ2v) is 12.2. The van der Waals surface area contributed by atoms with E-state index < -0.39 is 28.7 Å². The topological polar surface area (TPSA) is 116 Å². The van der Waals surface area contributed by atoms with Crippen LogP contribution in [-0.2, 0) is 36.8 Å². The van der Waals surface area contributed by atoms with Gasteiger partial charge < -0.3 is 0 Å². The Balaban J connectivity index is 2.09. The standard InChI is InChI=1S/2C15H16N2O2.Mo/c2*18-11-16-10-9-15(17-12-19,13-5-1-2-6-13)14-7-3-4-8-14;/h2*1-5,7,11-12H,6,8,10H2,(H,16,18)(H,17,19);. The summed E-state index contributed by atoms with van der Waals surface area (Å²) < 4.78 is 1.91. The van der Waals surface area contributed by atoms with Crippen LogP contribution in [0.15, 0.2) is 95.2 Å². The molecule has 0 heterocycles. The Morgan fingerprint density at radius 3 is 1.15 bits per heavy atom. The van der Waals surface area contributed by atoms with E-state index in [-0.39, 0.29) is 13.1 Å². The van der Waals surface area contributed by atoms with Gasteiger partial charge in [0.15, 0.2) is 0 Å². The van der Waals surface area contributed by atoms with Crippen LogP contribution in [0.25, 0.3) is 0 Å². The first-order chi connectivity index (χ1) is 19.2. The van der Waals surface area contributed by atoms with Gasteiger partial charge in [0, 0.05) is 0 Å². The van der Waals surface area contributed by atoms with Crippen molar-refractivity contribution in [3.8, 4) is 0 Å². The van der Waals surface area contributed by atoms with Gasteiger partial charge in [-0.1, -0.05) is 0 Å². The molecule has 0 bridgehead atoms. The molecule has 4 amide bonds. The molecule has 0 aromatic carbocycles. The maximum atomic E-state index is 12.2. The van der Waals surface area contributed by atoms with Gasteiger partial charge in [-0.25, -0.2) is 0 Å². The Kier molecular flexibility index (Phi) is 9.66. The Bertz CT molecular complexity index is 1180. The molecule has 0 atom stereocenters. The van der Waals surface area contributed by atoms with Crippen molar-refractivity contribution in [1.82, 2.24) is 21.3 Å². The van der Waals surface area contributed by atoms with Crippen LogP contribution in [0.5, 0.6) is 0 Å². The molecule has 0 aromatic rings. The van der Waals surface area contributed by atoms with E-state index in [9.17, 15) is 19.2 Å². The van der Waals surface area contributed by atoms with Crippen LogP contribution >= 0.6 is 0 Å². The Labute approximate surface area is 236 Å². The second kappa shape index (κ2) is 13.3. The molecule has 202 valence electrons. The summed E-state index contributed by atoms with van der Waals surface area (Å²) in [6, 6.07) is 0. The zero-order valence-electron chi connectivity index (χ0n) is 21.5. The Morgan fingerprint density at radius 2 is 0.923 bits per heavy atom. The van der Waals surface area contributed by atoms with Gasteiger partial charge in [-0.05, 0) is 0 Å². The van der Waals surface area contributed by atoms with Crippen LogP contribution in [0, 0.1) is 0 Å². The number of rotatable bonds is 16. The summed E-state index contributed by atoms with van der Waals surface area (Å²) in [6.07, 6.45) is 29.6. The van der Waals surface area contributed by atoms with Gasteiger partial charge in [0.1, 0.15) is 0 Å². The number of hydrogen-bond donors (Lipinski definition) is 4. The molecule has 0 spiro atoms. The number of carbonyl (C=O) groups is 4. The number of nitrogens with one attached hydrogen (secondary N) is 4. The summed E-state index contributed by atoms with van der Waals surface area (Å²) >= 11 is -1.40. The van der Waals surface area contributed by atoms with E-state index >= 15 is 0 Å². The molecule has 4 aliphatic carbocycles. The molecule has 4 N–H and O–H groups in total. The molecule has 4 aliphatic rings. The van der Waals surface area contributed by atoms with Crippen LogP contribution in [0.2, 0.25) is 0 Å². The minimum atomic E-state index is -1.40. The van der Waals surface area contributed by atoms with Crippen molar-refractivity contribution in [2.75, 3.05) is 13.1 Å². The normalized spacial score (nSPS) is 17.1. The maximum absolute atomic E-state index is 12.2. The van der Waals surface area contributed by atoms with E-state index in [2.05, 4.69) is 21.3 Å². The van der Waals surface area contributed by atoms with Crippen molar-refractivity contribution in [3.05, 3.63) is 95.2 Å². The van der Waals surface area contributed by atoms with Crippen molar-refractivity contribution >= 4 is 33.4 Å². The number of hydrogen-bond acceptors (Lipinski definition) is 4. The fourth-order valence-corrected chi connectivity index (χ4v) is 9.47. The van der Waals surface area contributed by atoms with Gasteiger partial charge in [-0.2, -0.15) is 0 Å². The van der Waals surface area contributed by atoms with Crippen molar-refractivity contribution in [2.45, 2.75) is 36.8 Å². The fraction of sp³-hybridized carbons (Fsp3) is 0.267. The zero-order valence-corrected chi connectivity index (χ0v) is 23.5. The first kappa shape index (κ1) is 28.2. The summed E-state index contributed by atoms with van der Waals surface area (Å²) in [4.78, 5) is 47.7. The van der Waals surface area contributed by atoms with Crippen molar-refractivity contribution in [2.24, 2.45) is 0 Å². The van der Waals surface area contributed by atoms with Crippen LogP contribution < -0.4 is 21.3 Å². The molecule has 0 aliphatic heterocycles. The monoisotopic (exact) mass is 610 g/mol. The molecular weight excluding hydrogens is 576 g/mol. The van der Waals surface area contributed by atoms with E-state index in [1.54, 1.807) is 0 Å². The van der Waals surface area contributed by atoms with E-state index in [0.29, 0.717) is 38.5 Å². The van der Waals surface area contributed by atoms with Gasteiger partial charge in [-0.3, -0.25) is 0 Å². The van der Waals surface area contributed by atoms with Gasteiger partial charge in [0.05, 0.1) is 0 Å². The molecule has 0 fully saturated rings. The minimum absolute atomic E-state index is 0.234. The Hall–Kier alpha value is -3.77. The molecule has 0 unspecified atom stereocenters. The number of allylic oxidation sites excluding steroid dienone is 12. The van der Waals surface area contributed by atoms with Crippen LogP contribution in [0.1, 0.15) is 25.7 Å². The third-order valence-electron chi connectivity index (χ3n) is 7.34. The average Bonchev–Trinajstić information content (AvgIpc) is 3.79. The van der Waals surface area contributed by atoms with Gasteiger partial charge in [0.25, 0.3) is 0 Å². The van der Waals surface area contributed by atoms with E-state index in [1.165, 1.54) is 0 Å². The second-order valence-electron chi connectivity index (χ2n) is 9.27. The predicted octanol–water partition coefficient (Wildman–Crippen LogP) is 1.42. The SMILES string of the molecule is O=CNC[C](=[Mo]=[C](CNC=O)C(NC=O)(C1=CC=CC1)C1=CC=CC1)C(NC=O)(C1=CC=CC1)C1=CC=CC1. The van der Waals surface area contributed by atoms with Gasteiger partial charge in [0.2, 0.25) is 0 Å². The third kappa shape index (κ3) is 5.52. The molecule has 4 rings (SSSR count). The Morgan fingerprint density at radius 1 is 0.590 bits per heavy atom. The van der Waals surface area contributed by atoms with Crippen molar-refractivity contribution in [1.29, 1.82) is 0 Å². The van der Waals surface area contributed by atoms with Crippen LogP contribution in [0.3, 0.4) is 0 Å². The fourth-order valence-electron chi connectivity index (χ4n) is 5.65. The van der Waals surface area contributed by atoms with Crippen molar-refractivity contribution < 1.29 is 36.8 Å². The molecule has 0 saturated heterocycles. The van der Waals surface area contributed by atoms with Gasteiger partial charge >= 0.3 is 237 Å². The molecule has 0 aromatic heterocycles. The summed E-state index contributed by atoms with van der Waals surface area (Å²) in [6.45, 7) is 0.467. The zero-order chi connectivity index (χ0) is 27.6. The van der Waals surface area contributed by atoms with Crippen LogP contribution in [-0.4, -0.2) is 57.6 Å². The molecular formula is C30H32MoN4O4. The van der Waals surface area contributed by atoms with E-state index in [0.717, 1.165) is 42.9 Å². The third-order valence-corrected chi connectivity index (χ3v) is 10.8. The van der Waals surface area contributed by atoms with Gasteiger partial charge in [-0.15, -0.1) is 0 Å². The summed E-state index contributed by atoms with van der Waals surface area (Å²) in [5.41, 5.74) is 2.21. The first-order valence-corrected chi connectivity index (χ1v) is 14.8. The summed E-state index contributed by atoms with van der Waals surface area (Å²) in [5, 5.41) is 12.1. The molecule has 9 heteroatoms. The van der Waals surface area contributed by atoms with Crippen molar-refractivity contribution in [3.63, 3.8) is 0 Å².